The van der Waals surface area contributed by atoms with Crippen LogP contribution in [0.1, 0.15) is 11.1 Å². The maximum Gasteiger partial charge on any atom is 0.221 e. The molecule has 110 valence electrons. The molecule has 0 unspecified atom stereocenters. The molecule has 22 heavy (non-hydrogen) atoms. The number of rotatable bonds is 4. The van der Waals surface area contributed by atoms with Crippen LogP contribution in [-0.2, 0) is 6.42 Å². The summed E-state index contributed by atoms with van der Waals surface area (Å²) in [6.07, 6.45) is 6.24. The van der Waals surface area contributed by atoms with Crippen molar-refractivity contribution < 1.29 is 4.74 Å². The van der Waals surface area contributed by atoms with Crippen molar-refractivity contribution in [3.05, 3.63) is 77.2 Å². The summed E-state index contributed by atoms with van der Waals surface area (Å²) in [5.41, 5.74) is 4.17. The minimum Gasteiger partial charge on any atom is -0.481 e. The van der Waals surface area contributed by atoms with E-state index in [-0.39, 0.29) is 0 Å². The van der Waals surface area contributed by atoms with Crippen molar-refractivity contribution in [1.29, 1.82) is 0 Å². The second kappa shape index (κ2) is 6.58. The third-order valence-corrected chi connectivity index (χ3v) is 3.60. The minimum absolute atomic E-state index is 0.595. The van der Waals surface area contributed by atoms with Crippen LogP contribution in [0, 0.1) is 0 Å². The number of aromatic nitrogens is 2. The van der Waals surface area contributed by atoms with Gasteiger partial charge in [-0.15, -0.1) is 0 Å². The molecule has 0 N–H and O–H groups in total. The van der Waals surface area contributed by atoms with E-state index in [1.165, 1.54) is 0 Å². The number of ether oxygens (including phenoxy) is 1. The average Bonchev–Trinajstić information content (AvgIpc) is 2.56. The van der Waals surface area contributed by atoms with Crippen LogP contribution in [0.15, 0.2) is 61.1 Å². The van der Waals surface area contributed by atoms with E-state index < -0.39 is 0 Å². The number of nitrogens with zero attached hydrogens (tertiary/aromatic N) is 2. The Kier molecular flexibility index (Phi) is 4.35. The van der Waals surface area contributed by atoms with Crippen molar-refractivity contribution in [2.75, 3.05) is 7.11 Å². The Morgan fingerprint density at radius 3 is 2.68 bits per heavy atom. The zero-order valence-electron chi connectivity index (χ0n) is 12.2. The number of halogens is 1. The molecule has 0 aliphatic rings. The SMILES string of the molecule is COc1ncc(Cc2cccnc2)cc1-c1cccc(Cl)c1. The van der Waals surface area contributed by atoms with E-state index in [0.717, 1.165) is 28.7 Å². The molecular formula is C18H15ClN2O. The van der Waals surface area contributed by atoms with E-state index in [9.17, 15) is 0 Å². The molecule has 2 aromatic heterocycles. The first-order valence-corrected chi connectivity index (χ1v) is 7.32. The van der Waals surface area contributed by atoms with Crippen molar-refractivity contribution in [1.82, 2.24) is 9.97 Å². The second-order valence-corrected chi connectivity index (χ2v) is 5.39. The monoisotopic (exact) mass is 310 g/mol. The Balaban J connectivity index is 1.99. The van der Waals surface area contributed by atoms with Crippen molar-refractivity contribution in [2.24, 2.45) is 0 Å². The lowest BCUT2D eigenvalue weighted by Crippen LogP contribution is -1.96. The van der Waals surface area contributed by atoms with Crippen LogP contribution in [0.25, 0.3) is 11.1 Å². The Hall–Kier alpha value is -2.39. The Bertz CT molecular complexity index is 775. The summed E-state index contributed by atoms with van der Waals surface area (Å²) in [5.74, 6) is 0.595. The molecule has 2 heterocycles. The van der Waals surface area contributed by atoms with Crippen LogP contribution in [0.4, 0.5) is 0 Å². The van der Waals surface area contributed by atoms with Crippen LogP contribution in [0.2, 0.25) is 5.02 Å². The number of methoxy groups -OCH3 is 1. The van der Waals surface area contributed by atoms with E-state index in [0.29, 0.717) is 10.9 Å². The van der Waals surface area contributed by atoms with Gasteiger partial charge >= 0.3 is 0 Å². The average molecular weight is 311 g/mol. The van der Waals surface area contributed by atoms with E-state index in [1.807, 2.05) is 42.7 Å². The van der Waals surface area contributed by atoms with Gasteiger partial charge in [-0.2, -0.15) is 0 Å². The van der Waals surface area contributed by atoms with Crippen LogP contribution in [0.3, 0.4) is 0 Å². The summed E-state index contributed by atoms with van der Waals surface area (Å²) in [6.45, 7) is 0. The molecule has 0 saturated carbocycles. The summed E-state index contributed by atoms with van der Waals surface area (Å²) in [5, 5.41) is 0.692. The zero-order valence-corrected chi connectivity index (χ0v) is 12.9. The first-order valence-electron chi connectivity index (χ1n) is 6.94. The van der Waals surface area contributed by atoms with Gasteiger partial charge in [-0.05, 0) is 41.0 Å². The maximum atomic E-state index is 6.09. The molecule has 0 saturated heterocycles. The van der Waals surface area contributed by atoms with Crippen molar-refractivity contribution >= 4 is 11.6 Å². The first kappa shape index (κ1) is 14.5. The number of benzene rings is 1. The molecule has 1 aromatic carbocycles. The van der Waals surface area contributed by atoms with Crippen molar-refractivity contribution in [2.45, 2.75) is 6.42 Å². The lowest BCUT2D eigenvalue weighted by Gasteiger charge is -2.10. The number of hydrogen-bond donors (Lipinski definition) is 0. The summed E-state index contributed by atoms with van der Waals surface area (Å²) in [7, 11) is 1.62. The summed E-state index contributed by atoms with van der Waals surface area (Å²) in [4.78, 5) is 8.56. The lowest BCUT2D eigenvalue weighted by molar-refractivity contribution is 0.399. The van der Waals surface area contributed by atoms with Gasteiger partial charge in [0.1, 0.15) is 0 Å². The molecule has 0 aliphatic carbocycles. The quantitative estimate of drug-likeness (QED) is 0.716. The van der Waals surface area contributed by atoms with Gasteiger partial charge in [-0.1, -0.05) is 29.8 Å². The zero-order chi connectivity index (χ0) is 15.4. The molecule has 0 atom stereocenters. The van der Waals surface area contributed by atoms with E-state index in [2.05, 4.69) is 22.1 Å². The van der Waals surface area contributed by atoms with Crippen molar-refractivity contribution in [3.63, 3.8) is 0 Å². The van der Waals surface area contributed by atoms with Gasteiger partial charge < -0.3 is 4.74 Å². The first-order chi connectivity index (χ1) is 10.8. The summed E-state index contributed by atoms with van der Waals surface area (Å²) in [6, 6.07) is 13.8. The molecule has 0 bridgehead atoms. The molecule has 0 radical (unpaired) electrons. The molecule has 3 aromatic rings. The van der Waals surface area contributed by atoms with Gasteiger partial charge in [0, 0.05) is 35.6 Å². The molecule has 3 nitrogen and oxygen atoms in total. The second-order valence-electron chi connectivity index (χ2n) is 4.95. The number of pyridine rings is 2. The molecule has 0 aliphatic heterocycles. The summed E-state index contributed by atoms with van der Waals surface area (Å²) >= 11 is 6.09. The van der Waals surface area contributed by atoms with Crippen LogP contribution in [0.5, 0.6) is 5.88 Å². The Morgan fingerprint density at radius 2 is 1.95 bits per heavy atom. The van der Waals surface area contributed by atoms with Gasteiger partial charge in [-0.3, -0.25) is 4.98 Å². The van der Waals surface area contributed by atoms with Gasteiger partial charge in [0.25, 0.3) is 0 Å². The van der Waals surface area contributed by atoms with Gasteiger partial charge in [0.15, 0.2) is 0 Å². The van der Waals surface area contributed by atoms with Crippen LogP contribution in [-0.4, -0.2) is 17.1 Å². The smallest absolute Gasteiger partial charge is 0.221 e. The van der Waals surface area contributed by atoms with Crippen LogP contribution < -0.4 is 4.74 Å². The fraction of sp³-hybridized carbons (Fsp3) is 0.111. The molecule has 4 heteroatoms. The van der Waals surface area contributed by atoms with E-state index in [4.69, 9.17) is 16.3 Å². The predicted molar refractivity (Wildman–Crippen MR) is 88.3 cm³/mol. The summed E-state index contributed by atoms with van der Waals surface area (Å²) < 4.78 is 5.38. The topological polar surface area (TPSA) is 35.0 Å². The molecule has 0 fully saturated rings. The Labute approximate surface area is 134 Å². The van der Waals surface area contributed by atoms with Gasteiger partial charge in [0.2, 0.25) is 5.88 Å². The Morgan fingerprint density at radius 1 is 1.05 bits per heavy atom. The molecule has 3 rings (SSSR count). The highest BCUT2D eigenvalue weighted by Crippen LogP contribution is 2.30. The van der Waals surface area contributed by atoms with E-state index in [1.54, 1.807) is 13.3 Å². The minimum atomic E-state index is 0.595. The normalized spacial score (nSPS) is 10.5. The van der Waals surface area contributed by atoms with Crippen LogP contribution >= 0.6 is 11.6 Å². The highest BCUT2D eigenvalue weighted by Gasteiger charge is 2.09. The highest BCUT2D eigenvalue weighted by atomic mass is 35.5. The predicted octanol–water partition coefficient (Wildman–Crippen LogP) is 4.40. The lowest BCUT2D eigenvalue weighted by atomic mass is 10.0. The van der Waals surface area contributed by atoms with Gasteiger partial charge in [0.05, 0.1) is 7.11 Å². The van der Waals surface area contributed by atoms with Crippen molar-refractivity contribution in [3.8, 4) is 17.0 Å². The molecule has 0 spiro atoms. The fourth-order valence-corrected chi connectivity index (χ4v) is 2.55. The molecule has 0 amide bonds. The van der Waals surface area contributed by atoms with E-state index >= 15 is 0 Å². The maximum absolute atomic E-state index is 6.09. The highest BCUT2D eigenvalue weighted by molar-refractivity contribution is 6.30. The fourth-order valence-electron chi connectivity index (χ4n) is 2.36. The molecular weight excluding hydrogens is 296 g/mol. The standard InChI is InChI=1S/C18H15ClN2O/c1-22-18-17(15-5-2-6-16(19)10-15)9-14(12-21-18)8-13-4-3-7-20-11-13/h2-7,9-12H,8H2,1H3. The largest absolute Gasteiger partial charge is 0.481 e. The third-order valence-electron chi connectivity index (χ3n) is 3.37. The third kappa shape index (κ3) is 3.26. The number of hydrogen-bond acceptors (Lipinski definition) is 3. The van der Waals surface area contributed by atoms with Gasteiger partial charge in [-0.25, -0.2) is 4.98 Å².